The molecule has 2 aromatic carbocycles. The Morgan fingerprint density at radius 1 is 1.00 bits per heavy atom. The summed E-state index contributed by atoms with van der Waals surface area (Å²) < 4.78 is 4.60. The van der Waals surface area contributed by atoms with Crippen molar-refractivity contribution in [2.24, 2.45) is 0 Å². The summed E-state index contributed by atoms with van der Waals surface area (Å²) in [5.41, 5.74) is 2.98. The number of anilines is 1. The van der Waals surface area contributed by atoms with Crippen molar-refractivity contribution in [3.05, 3.63) is 65.2 Å². The smallest absolute Gasteiger partial charge is 0.337 e. The molecule has 2 aromatic rings. The highest BCUT2D eigenvalue weighted by atomic mass is 16.5. The Morgan fingerprint density at radius 2 is 1.72 bits per heavy atom. The molecule has 0 aliphatic carbocycles. The number of nitrogens with one attached hydrogen (secondary N) is 2. The summed E-state index contributed by atoms with van der Waals surface area (Å²) in [5.74, 6) is -1.23. The van der Waals surface area contributed by atoms with Crippen LogP contribution in [0.3, 0.4) is 0 Å². The molecule has 6 heteroatoms. The van der Waals surface area contributed by atoms with Crippen molar-refractivity contribution in [3.8, 4) is 0 Å². The van der Waals surface area contributed by atoms with Crippen molar-refractivity contribution in [3.63, 3.8) is 0 Å². The van der Waals surface area contributed by atoms with E-state index in [1.54, 1.807) is 24.3 Å². The molecule has 0 radical (unpaired) electrons. The van der Waals surface area contributed by atoms with E-state index in [1.165, 1.54) is 7.11 Å². The first-order chi connectivity index (χ1) is 12.0. The molecule has 2 amide bonds. The Labute approximate surface area is 146 Å². The quantitative estimate of drug-likeness (QED) is 0.625. The first-order valence-corrected chi connectivity index (χ1v) is 7.78. The summed E-state index contributed by atoms with van der Waals surface area (Å²) in [7, 11) is 1.30. The fraction of sp³-hybridized carbons (Fsp3) is 0.211. The van der Waals surface area contributed by atoms with Crippen LogP contribution in [-0.2, 0) is 20.9 Å². The van der Waals surface area contributed by atoms with Gasteiger partial charge in [-0.2, -0.15) is 0 Å². The average Bonchev–Trinajstić information content (AvgIpc) is 2.60. The standard InChI is InChI=1S/C19H20N2O4/c1-13-4-3-5-14(10-13)12-20-17(22)11-18(23)21-16-8-6-15(7-9-16)19(24)25-2/h3-10H,11-12H2,1-2H3,(H,20,22)(H,21,23). The predicted molar refractivity (Wildman–Crippen MR) is 94.1 cm³/mol. The number of rotatable bonds is 6. The van der Waals surface area contributed by atoms with Crippen molar-refractivity contribution >= 4 is 23.5 Å². The van der Waals surface area contributed by atoms with Gasteiger partial charge in [0.15, 0.2) is 0 Å². The first kappa shape index (κ1) is 18.2. The van der Waals surface area contributed by atoms with E-state index in [-0.39, 0.29) is 12.3 Å². The van der Waals surface area contributed by atoms with Crippen LogP contribution in [-0.4, -0.2) is 24.9 Å². The van der Waals surface area contributed by atoms with E-state index in [1.807, 2.05) is 31.2 Å². The van der Waals surface area contributed by atoms with E-state index >= 15 is 0 Å². The van der Waals surface area contributed by atoms with Gasteiger partial charge in [-0.25, -0.2) is 4.79 Å². The Morgan fingerprint density at radius 3 is 2.36 bits per heavy atom. The van der Waals surface area contributed by atoms with E-state index in [0.29, 0.717) is 17.8 Å². The number of hydrogen-bond donors (Lipinski definition) is 2. The number of methoxy groups -OCH3 is 1. The molecule has 25 heavy (non-hydrogen) atoms. The molecule has 6 nitrogen and oxygen atoms in total. The maximum absolute atomic E-state index is 11.9. The molecule has 0 aliphatic rings. The summed E-state index contributed by atoms with van der Waals surface area (Å²) >= 11 is 0. The second kappa shape index (κ2) is 8.63. The van der Waals surface area contributed by atoms with Crippen molar-refractivity contribution in [2.75, 3.05) is 12.4 Å². The molecule has 0 heterocycles. The van der Waals surface area contributed by atoms with Crippen molar-refractivity contribution in [1.82, 2.24) is 5.32 Å². The van der Waals surface area contributed by atoms with Gasteiger partial charge in [-0.15, -0.1) is 0 Å². The molecule has 0 spiro atoms. The highest BCUT2D eigenvalue weighted by molar-refractivity contribution is 6.03. The molecule has 130 valence electrons. The number of carbonyl (C=O) groups excluding carboxylic acids is 3. The van der Waals surface area contributed by atoms with E-state index in [4.69, 9.17) is 0 Å². The lowest BCUT2D eigenvalue weighted by molar-refractivity contribution is -0.126. The van der Waals surface area contributed by atoms with E-state index in [9.17, 15) is 14.4 Å². The molecular formula is C19H20N2O4. The minimum atomic E-state index is -0.451. The zero-order chi connectivity index (χ0) is 18.2. The Hall–Kier alpha value is -3.15. The summed E-state index contributed by atoms with van der Waals surface area (Å²) in [6.45, 7) is 2.35. The maximum Gasteiger partial charge on any atom is 0.337 e. The van der Waals surface area contributed by atoms with E-state index < -0.39 is 11.9 Å². The van der Waals surface area contributed by atoms with Crippen LogP contribution >= 0.6 is 0 Å². The second-order valence-corrected chi connectivity index (χ2v) is 5.56. The number of carbonyl (C=O) groups is 3. The Balaban J connectivity index is 1.81. The van der Waals surface area contributed by atoms with Crippen LogP contribution in [0, 0.1) is 6.92 Å². The third kappa shape index (κ3) is 5.76. The minimum Gasteiger partial charge on any atom is -0.465 e. The third-order valence-electron chi connectivity index (χ3n) is 3.48. The topological polar surface area (TPSA) is 84.5 Å². The lowest BCUT2D eigenvalue weighted by Gasteiger charge is -2.08. The van der Waals surface area contributed by atoms with Crippen molar-refractivity contribution in [2.45, 2.75) is 19.9 Å². The van der Waals surface area contributed by atoms with Gasteiger partial charge in [0, 0.05) is 12.2 Å². The maximum atomic E-state index is 11.9. The van der Waals surface area contributed by atoms with Crippen molar-refractivity contribution in [1.29, 1.82) is 0 Å². The van der Waals surface area contributed by atoms with Gasteiger partial charge in [0.25, 0.3) is 0 Å². The molecule has 2 N–H and O–H groups in total. The second-order valence-electron chi connectivity index (χ2n) is 5.56. The SMILES string of the molecule is COC(=O)c1ccc(NC(=O)CC(=O)NCc2cccc(C)c2)cc1. The zero-order valence-corrected chi connectivity index (χ0v) is 14.2. The minimum absolute atomic E-state index is 0.273. The lowest BCUT2D eigenvalue weighted by Crippen LogP contribution is -2.27. The first-order valence-electron chi connectivity index (χ1n) is 7.78. The molecule has 0 atom stereocenters. The molecule has 0 aromatic heterocycles. The predicted octanol–water partition coefficient (Wildman–Crippen LogP) is 2.43. The largest absolute Gasteiger partial charge is 0.465 e. The van der Waals surface area contributed by atoms with Crippen LogP contribution in [0.5, 0.6) is 0 Å². The molecule has 2 rings (SSSR count). The number of hydrogen-bond acceptors (Lipinski definition) is 4. The molecule has 0 bridgehead atoms. The molecule has 0 fully saturated rings. The lowest BCUT2D eigenvalue weighted by atomic mass is 10.1. The Kier molecular flexibility index (Phi) is 6.28. The number of aryl methyl sites for hydroxylation is 1. The summed E-state index contributed by atoms with van der Waals surface area (Å²) in [6, 6.07) is 14.0. The van der Waals surface area contributed by atoms with Crippen LogP contribution in [0.1, 0.15) is 27.9 Å². The normalized spacial score (nSPS) is 10.0. The van der Waals surface area contributed by atoms with Gasteiger partial charge in [-0.1, -0.05) is 29.8 Å². The van der Waals surface area contributed by atoms with Crippen LogP contribution in [0.15, 0.2) is 48.5 Å². The Bertz CT molecular complexity index is 769. The number of esters is 1. The zero-order valence-electron chi connectivity index (χ0n) is 14.2. The van der Waals surface area contributed by atoms with E-state index in [2.05, 4.69) is 15.4 Å². The van der Waals surface area contributed by atoms with Gasteiger partial charge in [0.1, 0.15) is 6.42 Å². The molecule has 0 aliphatic heterocycles. The number of ether oxygens (including phenoxy) is 1. The van der Waals surface area contributed by atoms with Gasteiger partial charge in [0.05, 0.1) is 12.7 Å². The van der Waals surface area contributed by atoms with Crippen LogP contribution in [0.2, 0.25) is 0 Å². The molecular weight excluding hydrogens is 320 g/mol. The molecule has 0 saturated heterocycles. The van der Waals surface area contributed by atoms with Gasteiger partial charge in [-0.05, 0) is 36.8 Å². The monoisotopic (exact) mass is 340 g/mol. The third-order valence-corrected chi connectivity index (χ3v) is 3.48. The highest BCUT2D eigenvalue weighted by Gasteiger charge is 2.10. The van der Waals surface area contributed by atoms with Gasteiger partial charge < -0.3 is 15.4 Å². The van der Waals surface area contributed by atoms with Crippen LogP contribution in [0.4, 0.5) is 5.69 Å². The molecule has 0 saturated carbocycles. The van der Waals surface area contributed by atoms with E-state index in [0.717, 1.165) is 11.1 Å². The summed E-state index contributed by atoms with van der Waals surface area (Å²) in [6.07, 6.45) is -0.273. The van der Waals surface area contributed by atoms with Crippen LogP contribution in [0.25, 0.3) is 0 Å². The average molecular weight is 340 g/mol. The highest BCUT2D eigenvalue weighted by Crippen LogP contribution is 2.11. The van der Waals surface area contributed by atoms with Crippen molar-refractivity contribution < 1.29 is 19.1 Å². The number of amides is 2. The van der Waals surface area contributed by atoms with Gasteiger partial charge in [0.2, 0.25) is 11.8 Å². The van der Waals surface area contributed by atoms with Crippen LogP contribution < -0.4 is 10.6 Å². The molecule has 0 unspecified atom stereocenters. The number of benzene rings is 2. The summed E-state index contributed by atoms with van der Waals surface area (Å²) in [5, 5.41) is 5.33. The fourth-order valence-electron chi connectivity index (χ4n) is 2.24. The fourth-order valence-corrected chi connectivity index (χ4v) is 2.24. The van der Waals surface area contributed by atoms with Gasteiger partial charge >= 0.3 is 5.97 Å². The summed E-state index contributed by atoms with van der Waals surface area (Å²) in [4.78, 5) is 35.1. The van der Waals surface area contributed by atoms with Gasteiger partial charge in [-0.3, -0.25) is 9.59 Å².